The molecule has 0 saturated carbocycles. The van der Waals surface area contributed by atoms with Crippen LogP contribution in [0.15, 0.2) is 16.6 Å². The molecule has 3 nitrogen and oxygen atoms in total. The van der Waals surface area contributed by atoms with Gasteiger partial charge in [0.2, 0.25) is 6.79 Å². The lowest BCUT2D eigenvalue weighted by Crippen LogP contribution is -1.95. The molecule has 0 fully saturated rings. The highest BCUT2D eigenvalue weighted by atomic mass is 79.9. The van der Waals surface area contributed by atoms with Crippen LogP contribution in [-0.2, 0) is 0 Å². The van der Waals surface area contributed by atoms with Gasteiger partial charge in [0.15, 0.2) is 11.5 Å². The molecule has 0 bridgehead atoms. The van der Waals surface area contributed by atoms with Crippen LogP contribution < -0.4 is 15.2 Å². The molecule has 0 amide bonds. The van der Waals surface area contributed by atoms with Gasteiger partial charge in [-0.1, -0.05) is 28.1 Å². The largest absolute Gasteiger partial charge is 0.454 e. The first-order chi connectivity index (χ1) is 7.24. The van der Waals surface area contributed by atoms with E-state index in [4.69, 9.17) is 15.2 Å². The molecule has 0 unspecified atom stereocenters. The van der Waals surface area contributed by atoms with E-state index in [1.54, 1.807) is 0 Å². The molecule has 0 radical (unpaired) electrons. The minimum absolute atomic E-state index is 0.286. The summed E-state index contributed by atoms with van der Waals surface area (Å²) in [7, 11) is 0. The van der Waals surface area contributed by atoms with Crippen molar-refractivity contribution >= 4 is 22.0 Å². The average Bonchev–Trinajstić information content (AvgIpc) is 2.66. The highest BCUT2D eigenvalue weighted by Crippen LogP contribution is 2.41. The highest BCUT2D eigenvalue weighted by molar-refractivity contribution is 9.10. The van der Waals surface area contributed by atoms with E-state index in [-0.39, 0.29) is 6.79 Å². The van der Waals surface area contributed by atoms with Crippen LogP contribution in [0, 0.1) is 6.92 Å². The third-order valence-corrected chi connectivity index (χ3v) is 3.15. The summed E-state index contributed by atoms with van der Waals surface area (Å²) in [6.07, 6.45) is 3.87. The Labute approximate surface area is 97.0 Å². The van der Waals surface area contributed by atoms with Gasteiger partial charge in [0.1, 0.15) is 0 Å². The number of benzene rings is 1. The van der Waals surface area contributed by atoms with Crippen molar-refractivity contribution in [3.8, 4) is 11.5 Å². The maximum atomic E-state index is 5.44. The summed E-state index contributed by atoms with van der Waals surface area (Å²) in [6, 6.07) is 1.93. The fourth-order valence-corrected chi connectivity index (χ4v) is 1.94. The molecule has 0 saturated heterocycles. The first-order valence-corrected chi connectivity index (χ1v) is 5.48. The molecule has 1 aromatic carbocycles. The fraction of sp³-hybridized carbons (Fsp3) is 0.273. The number of fused-ring (bicyclic) bond motifs is 1. The Kier molecular flexibility index (Phi) is 2.98. The Bertz CT molecular complexity index is 416. The van der Waals surface area contributed by atoms with Crippen LogP contribution in [0.3, 0.4) is 0 Å². The van der Waals surface area contributed by atoms with Crippen LogP contribution in [0.4, 0.5) is 0 Å². The maximum Gasteiger partial charge on any atom is 0.231 e. The van der Waals surface area contributed by atoms with E-state index in [0.29, 0.717) is 6.54 Å². The van der Waals surface area contributed by atoms with Crippen LogP contribution in [0.25, 0.3) is 6.08 Å². The van der Waals surface area contributed by atoms with Crippen LogP contribution in [-0.4, -0.2) is 13.3 Å². The second-order valence-corrected chi connectivity index (χ2v) is 4.12. The van der Waals surface area contributed by atoms with Gasteiger partial charge in [-0.2, -0.15) is 0 Å². The molecule has 0 atom stereocenters. The van der Waals surface area contributed by atoms with E-state index in [0.717, 1.165) is 27.1 Å². The summed E-state index contributed by atoms with van der Waals surface area (Å²) in [5.74, 6) is 1.59. The summed E-state index contributed by atoms with van der Waals surface area (Å²) >= 11 is 3.49. The van der Waals surface area contributed by atoms with Crippen molar-refractivity contribution in [1.82, 2.24) is 0 Å². The van der Waals surface area contributed by atoms with Gasteiger partial charge >= 0.3 is 0 Å². The van der Waals surface area contributed by atoms with Gasteiger partial charge < -0.3 is 15.2 Å². The van der Waals surface area contributed by atoms with Crippen molar-refractivity contribution in [2.24, 2.45) is 5.73 Å². The molecule has 0 spiro atoms. The molecule has 2 rings (SSSR count). The lowest BCUT2D eigenvalue weighted by atomic mass is 10.1. The van der Waals surface area contributed by atoms with Crippen molar-refractivity contribution < 1.29 is 9.47 Å². The highest BCUT2D eigenvalue weighted by Gasteiger charge is 2.19. The number of ether oxygens (including phenoxy) is 2. The van der Waals surface area contributed by atoms with Gasteiger partial charge in [-0.25, -0.2) is 0 Å². The first kappa shape index (κ1) is 10.5. The second-order valence-electron chi connectivity index (χ2n) is 3.27. The van der Waals surface area contributed by atoms with Crippen LogP contribution in [0.2, 0.25) is 0 Å². The van der Waals surface area contributed by atoms with Gasteiger partial charge in [0.05, 0.1) is 0 Å². The molecular weight excluding hydrogens is 258 g/mol. The normalized spacial score (nSPS) is 13.8. The zero-order chi connectivity index (χ0) is 10.8. The lowest BCUT2D eigenvalue weighted by Gasteiger charge is -2.07. The van der Waals surface area contributed by atoms with Crippen molar-refractivity contribution in [3.05, 3.63) is 27.7 Å². The quantitative estimate of drug-likeness (QED) is 0.897. The summed E-state index contributed by atoms with van der Waals surface area (Å²) in [6.45, 7) is 2.83. The SMILES string of the molecule is Cc1c(Br)cc2c(c1/C=C/CN)OCO2. The Balaban J connectivity index is 2.55. The predicted octanol–water partition coefficient (Wildman–Crippen LogP) is 2.46. The smallest absolute Gasteiger partial charge is 0.231 e. The van der Waals surface area contributed by atoms with Gasteiger partial charge in [-0.3, -0.25) is 0 Å². The lowest BCUT2D eigenvalue weighted by molar-refractivity contribution is 0.173. The number of hydrogen-bond donors (Lipinski definition) is 1. The van der Waals surface area contributed by atoms with Crippen LogP contribution >= 0.6 is 15.9 Å². The summed E-state index contributed by atoms with van der Waals surface area (Å²) in [5.41, 5.74) is 7.60. The summed E-state index contributed by atoms with van der Waals surface area (Å²) in [5, 5.41) is 0. The van der Waals surface area contributed by atoms with E-state index in [1.807, 2.05) is 25.1 Å². The van der Waals surface area contributed by atoms with E-state index in [9.17, 15) is 0 Å². The van der Waals surface area contributed by atoms with Crippen molar-refractivity contribution in [2.75, 3.05) is 13.3 Å². The minimum Gasteiger partial charge on any atom is -0.454 e. The molecule has 1 aromatic rings. The fourth-order valence-electron chi connectivity index (χ4n) is 1.52. The number of halogens is 1. The van der Waals surface area contributed by atoms with Crippen LogP contribution in [0.5, 0.6) is 11.5 Å². The molecule has 1 heterocycles. The monoisotopic (exact) mass is 269 g/mol. The Morgan fingerprint density at radius 1 is 1.53 bits per heavy atom. The van der Waals surface area contributed by atoms with Crippen molar-refractivity contribution in [1.29, 1.82) is 0 Å². The molecule has 0 aromatic heterocycles. The average molecular weight is 270 g/mol. The number of nitrogens with two attached hydrogens (primary N) is 1. The van der Waals surface area contributed by atoms with E-state index in [2.05, 4.69) is 15.9 Å². The summed E-state index contributed by atoms with van der Waals surface area (Å²) < 4.78 is 11.8. The van der Waals surface area contributed by atoms with Crippen molar-refractivity contribution in [3.63, 3.8) is 0 Å². The molecule has 2 N–H and O–H groups in total. The first-order valence-electron chi connectivity index (χ1n) is 4.69. The Hall–Kier alpha value is -1.00. The number of rotatable bonds is 2. The third kappa shape index (κ3) is 1.87. The van der Waals surface area contributed by atoms with E-state index in [1.165, 1.54) is 0 Å². The van der Waals surface area contributed by atoms with Gasteiger partial charge in [0.25, 0.3) is 0 Å². The van der Waals surface area contributed by atoms with Gasteiger partial charge in [-0.15, -0.1) is 0 Å². The Morgan fingerprint density at radius 3 is 3.07 bits per heavy atom. The second kappa shape index (κ2) is 4.24. The zero-order valence-electron chi connectivity index (χ0n) is 8.42. The predicted molar refractivity (Wildman–Crippen MR) is 63.1 cm³/mol. The maximum absolute atomic E-state index is 5.44. The topological polar surface area (TPSA) is 44.5 Å². The molecule has 15 heavy (non-hydrogen) atoms. The zero-order valence-corrected chi connectivity index (χ0v) is 10.0. The molecule has 4 heteroatoms. The van der Waals surface area contributed by atoms with Crippen molar-refractivity contribution in [2.45, 2.75) is 6.92 Å². The third-order valence-electron chi connectivity index (χ3n) is 2.33. The van der Waals surface area contributed by atoms with Gasteiger partial charge in [0, 0.05) is 16.6 Å². The van der Waals surface area contributed by atoms with Crippen LogP contribution in [0.1, 0.15) is 11.1 Å². The summed E-state index contributed by atoms with van der Waals surface area (Å²) in [4.78, 5) is 0. The minimum atomic E-state index is 0.286. The molecular formula is C11H12BrNO2. The molecule has 1 aliphatic heterocycles. The Morgan fingerprint density at radius 2 is 2.33 bits per heavy atom. The molecule has 0 aliphatic carbocycles. The standard InChI is InChI=1S/C11H12BrNO2/c1-7-8(3-2-4-13)11-10(5-9(7)12)14-6-15-11/h2-3,5H,4,6,13H2,1H3/b3-2+. The number of hydrogen-bond acceptors (Lipinski definition) is 3. The molecule has 80 valence electrons. The van der Waals surface area contributed by atoms with E-state index >= 15 is 0 Å². The van der Waals surface area contributed by atoms with Gasteiger partial charge in [-0.05, 0) is 18.6 Å². The molecule has 1 aliphatic rings. The van der Waals surface area contributed by atoms with E-state index < -0.39 is 0 Å².